The van der Waals surface area contributed by atoms with Crippen molar-refractivity contribution in [3.8, 4) is 5.75 Å². The molecule has 0 aliphatic heterocycles. The maximum Gasteiger partial charge on any atom is 0.381 e. The molecule has 82 valence electrons. The summed E-state index contributed by atoms with van der Waals surface area (Å²) in [4.78, 5) is 10.5. The summed E-state index contributed by atoms with van der Waals surface area (Å²) in [5.74, 6) is -1.41. The minimum Gasteiger partial charge on any atom is -0.476 e. The number of aliphatic carboxylic acids is 1. The van der Waals surface area contributed by atoms with Gasteiger partial charge in [0.25, 0.3) is 0 Å². The summed E-state index contributed by atoms with van der Waals surface area (Å²) in [5, 5.41) is 9.10. The molecule has 0 heterocycles. The van der Waals surface area contributed by atoms with Crippen molar-refractivity contribution in [2.45, 2.75) is 4.52 Å². The zero-order valence-electron chi connectivity index (χ0n) is 7.01. The Kier molecular flexibility index (Phi) is 3.95. The predicted octanol–water partition coefficient (Wildman–Crippen LogP) is 3.59. The highest BCUT2D eigenvalue weighted by Crippen LogP contribution is 2.31. The van der Waals surface area contributed by atoms with Crippen LogP contribution < -0.4 is 4.74 Å². The molecule has 0 radical (unpaired) electrons. The van der Waals surface area contributed by atoms with E-state index in [2.05, 4.69) is 0 Å². The van der Waals surface area contributed by atoms with Gasteiger partial charge in [-0.25, -0.2) is 4.79 Å². The molecule has 0 unspecified atom stereocenters. The van der Waals surface area contributed by atoms with Crippen LogP contribution in [-0.4, -0.2) is 15.6 Å². The summed E-state index contributed by atoms with van der Waals surface area (Å²) < 4.78 is 2.44. The van der Waals surface area contributed by atoms with E-state index in [1.165, 1.54) is 18.2 Å². The van der Waals surface area contributed by atoms with Gasteiger partial charge < -0.3 is 9.84 Å². The van der Waals surface area contributed by atoms with Crippen LogP contribution in [-0.2, 0) is 4.79 Å². The Morgan fingerprint density at radius 1 is 1.27 bits per heavy atom. The molecule has 0 bridgehead atoms. The van der Waals surface area contributed by atoms with Gasteiger partial charge in [0.15, 0.2) is 0 Å². The maximum absolute atomic E-state index is 10.5. The Bertz CT molecular complexity index is 391. The molecule has 1 aromatic rings. The average Bonchev–Trinajstić information content (AvgIpc) is 2.10. The zero-order chi connectivity index (χ0) is 11.6. The first-order chi connectivity index (χ1) is 6.83. The number of carboxylic acid groups (broad SMARTS) is 1. The van der Waals surface area contributed by atoms with Crippen LogP contribution in [0.2, 0.25) is 10.0 Å². The molecule has 1 aromatic carbocycles. The minimum atomic E-state index is -2.35. The number of halogens is 4. The Morgan fingerprint density at radius 2 is 1.87 bits per heavy atom. The highest BCUT2D eigenvalue weighted by molar-refractivity contribution is 6.56. The summed E-state index contributed by atoms with van der Waals surface area (Å²) in [5.41, 5.74) is 0. The number of carbonyl (C=O) groups is 1. The van der Waals surface area contributed by atoms with Gasteiger partial charge in [0.1, 0.15) is 5.75 Å². The third-order valence-corrected chi connectivity index (χ3v) is 2.60. The number of benzene rings is 1. The SMILES string of the molecule is O=C(O)C(Cl)(Cl)Oc1ccc(Cl)c(Cl)c1. The van der Waals surface area contributed by atoms with Crippen molar-refractivity contribution >= 4 is 52.4 Å². The third-order valence-electron chi connectivity index (χ3n) is 1.39. The normalized spacial score (nSPS) is 11.2. The Morgan fingerprint density at radius 3 is 2.33 bits per heavy atom. The Labute approximate surface area is 105 Å². The van der Waals surface area contributed by atoms with Crippen LogP contribution in [0.1, 0.15) is 0 Å². The number of alkyl halides is 2. The van der Waals surface area contributed by atoms with Crippen molar-refractivity contribution in [1.82, 2.24) is 0 Å². The molecular formula is C8H4Cl4O3. The summed E-state index contributed by atoms with van der Waals surface area (Å²) in [6, 6.07) is 4.15. The lowest BCUT2D eigenvalue weighted by Gasteiger charge is -2.16. The number of rotatable bonds is 3. The highest BCUT2D eigenvalue weighted by Gasteiger charge is 2.36. The van der Waals surface area contributed by atoms with E-state index < -0.39 is 10.5 Å². The third kappa shape index (κ3) is 3.31. The van der Waals surface area contributed by atoms with Gasteiger partial charge in [-0.1, -0.05) is 23.2 Å². The van der Waals surface area contributed by atoms with Crippen molar-refractivity contribution in [3.63, 3.8) is 0 Å². The van der Waals surface area contributed by atoms with E-state index in [9.17, 15) is 4.79 Å². The lowest BCUT2D eigenvalue weighted by atomic mass is 10.3. The van der Waals surface area contributed by atoms with Crippen molar-refractivity contribution in [3.05, 3.63) is 28.2 Å². The Balaban J connectivity index is 2.91. The van der Waals surface area contributed by atoms with E-state index in [0.29, 0.717) is 5.02 Å². The Hall–Kier alpha value is -0.350. The van der Waals surface area contributed by atoms with Gasteiger partial charge in [0.2, 0.25) is 0 Å². The maximum atomic E-state index is 10.5. The highest BCUT2D eigenvalue weighted by atomic mass is 35.5. The van der Waals surface area contributed by atoms with Crippen molar-refractivity contribution in [2.24, 2.45) is 0 Å². The molecule has 7 heteroatoms. The molecule has 15 heavy (non-hydrogen) atoms. The van der Waals surface area contributed by atoms with Crippen molar-refractivity contribution in [1.29, 1.82) is 0 Å². The first-order valence-electron chi connectivity index (χ1n) is 3.58. The van der Waals surface area contributed by atoms with E-state index in [1.807, 2.05) is 0 Å². The fourth-order valence-electron chi connectivity index (χ4n) is 0.732. The smallest absolute Gasteiger partial charge is 0.381 e. The van der Waals surface area contributed by atoms with Gasteiger partial charge in [-0.3, -0.25) is 0 Å². The number of hydrogen-bond donors (Lipinski definition) is 1. The fraction of sp³-hybridized carbons (Fsp3) is 0.125. The molecule has 0 fully saturated rings. The molecule has 0 aliphatic rings. The van der Waals surface area contributed by atoms with E-state index in [0.717, 1.165) is 0 Å². The lowest BCUT2D eigenvalue weighted by Crippen LogP contribution is -2.32. The van der Waals surface area contributed by atoms with Gasteiger partial charge in [0, 0.05) is 6.07 Å². The second kappa shape index (κ2) is 4.66. The number of carboxylic acids is 1. The molecule has 1 N–H and O–H groups in total. The van der Waals surface area contributed by atoms with Crippen molar-refractivity contribution < 1.29 is 14.6 Å². The first kappa shape index (κ1) is 12.7. The average molecular weight is 290 g/mol. The van der Waals surface area contributed by atoms with Crippen LogP contribution in [0.5, 0.6) is 5.75 Å². The van der Waals surface area contributed by atoms with Crippen LogP contribution in [0.25, 0.3) is 0 Å². The molecule has 0 saturated heterocycles. The van der Waals surface area contributed by atoms with Crippen molar-refractivity contribution in [2.75, 3.05) is 0 Å². The molecule has 0 atom stereocenters. The second-order valence-corrected chi connectivity index (χ2v) is 4.57. The largest absolute Gasteiger partial charge is 0.476 e. The topological polar surface area (TPSA) is 46.5 Å². The summed E-state index contributed by atoms with van der Waals surface area (Å²) in [7, 11) is 0. The molecule has 0 saturated carbocycles. The summed E-state index contributed by atoms with van der Waals surface area (Å²) in [6.07, 6.45) is 0. The molecule has 3 nitrogen and oxygen atoms in total. The van der Waals surface area contributed by atoms with Gasteiger partial charge in [0.05, 0.1) is 10.0 Å². The van der Waals surface area contributed by atoms with Crippen LogP contribution in [0, 0.1) is 0 Å². The standard InChI is InChI=1S/C8H4Cl4O3/c9-5-2-1-4(3-6(5)10)15-8(11,12)7(13)14/h1-3H,(H,13,14). The van der Waals surface area contributed by atoms with E-state index in [-0.39, 0.29) is 10.8 Å². The summed E-state index contributed by atoms with van der Waals surface area (Å²) in [6.45, 7) is 0. The molecule has 0 aromatic heterocycles. The molecule has 0 aliphatic carbocycles. The van der Waals surface area contributed by atoms with E-state index in [1.54, 1.807) is 0 Å². The van der Waals surface area contributed by atoms with Gasteiger partial charge in [-0.05, 0) is 35.3 Å². The fourth-order valence-corrected chi connectivity index (χ4v) is 1.20. The number of hydrogen-bond acceptors (Lipinski definition) is 2. The zero-order valence-corrected chi connectivity index (χ0v) is 10.0. The van der Waals surface area contributed by atoms with Gasteiger partial charge >= 0.3 is 10.5 Å². The predicted molar refractivity (Wildman–Crippen MR) is 59.2 cm³/mol. The molecule has 1 rings (SSSR count). The van der Waals surface area contributed by atoms with Crippen LogP contribution in [0.15, 0.2) is 18.2 Å². The molecular weight excluding hydrogens is 286 g/mol. The lowest BCUT2D eigenvalue weighted by molar-refractivity contribution is -0.143. The summed E-state index contributed by atoms with van der Waals surface area (Å²) >= 11 is 22.1. The molecule has 0 amide bonds. The van der Waals surface area contributed by atoms with Crippen LogP contribution >= 0.6 is 46.4 Å². The van der Waals surface area contributed by atoms with Crippen LogP contribution in [0.3, 0.4) is 0 Å². The first-order valence-corrected chi connectivity index (χ1v) is 5.09. The van der Waals surface area contributed by atoms with E-state index in [4.69, 9.17) is 56.2 Å². The van der Waals surface area contributed by atoms with Gasteiger partial charge in [-0.2, -0.15) is 0 Å². The monoisotopic (exact) mass is 288 g/mol. The van der Waals surface area contributed by atoms with Gasteiger partial charge in [-0.15, -0.1) is 0 Å². The minimum absolute atomic E-state index is 0.108. The van der Waals surface area contributed by atoms with E-state index >= 15 is 0 Å². The number of ether oxygens (including phenoxy) is 1. The second-order valence-electron chi connectivity index (χ2n) is 2.50. The van der Waals surface area contributed by atoms with Crippen LogP contribution in [0.4, 0.5) is 0 Å². The molecule has 0 spiro atoms. The quantitative estimate of drug-likeness (QED) is 0.865.